The van der Waals surface area contributed by atoms with E-state index in [1.807, 2.05) is 0 Å². The molecule has 1 fully saturated rings. The van der Waals surface area contributed by atoms with E-state index >= 15 is 0 Å². The molecule has 74 valence electrons. The molecule has 1 aliphatic rings. The van der Waals surface area contributed by atoms with Crippen LogP contribution in [-0.2, 0) is 20.2 Å². The third-order valence-electron chi connectivity index (χ3n) is 0.232. The van der Waals surface area contributed by atoms with Gasteiger partial charge in [-0.2, -0.15) is 8.42 Å². The van der Waals surface area contributed by atoms with Crippen molar-refractivity contribution in [1.82, 2.24) is 0 Å². The normalized spacial score (nSPS) is 16.0. The van der Waals surface area contributed by atoms with E-state index in [9.17, 15) is 0 Å². The fourth-order valence-electron chi connectivity index (χ4n) is 0.0373. The molecule has 0 aromatic rings. The summed E-state index contributed by atoms with van der Waals surface area (Å²) in [6, 6.07) is 0. The Balaban J connectivity index is -0.0000000506. The van der Waals surface area contributed by atoms with Gasteiger partial charge in [0.2, 0.25) is 0 Å². The SMILES string of the molecule is O=S(=O)(O)O.OC1(O)OO1.[BaH2].[CaH2].[MgH2]. The van der Waals surface area contributed by atoms with Crippen LogP contribution >= 0.6 is 0 Å². The summed E-state index contributed by atoms with van der Waals surface area (Å²) in [5.74, 6) is 0. The minimum absolute atomic E-state index is 0. The largest absolute Gasteiger partial charge is 0.316 e. The summed E-state index contributed by atoms with van der Waals surface area (Å²) in [7, 11) is -4.67. The molecule has 0 bridgehead atoms. The number of rotatable bonds is 0. The van der Waals surface area contributed by atoms with E-state index in [0.717, 1.165) is 0 Å². The van der Waals surface area contributed by atoms with Crippen molar-refractivity contribution in [3.8, 4) is 0 Å². The van der Waals surface area contributed by atoms with Crippen molar-refractivity contribution < 1.29 is 37.5 Å². The first-order valence-corrected chi connectivity index (χ1v) is 3.12. The molecular formula is CH10BaCaMgO8S. The molecule has 4 N–H and O–H groups in total. The van der Waals surface area contributed by atoms with Gasteiger partial charge < -0.3 is 10.2 Å². The van der Waals surface area contributed by atoms with Crippen LogP contribution in [0.3, 0.4) is 0 Å². The molecule has 0 amide bonds. The van der Waals surface area contributed by atoms with Crippen LogP contribution in [0.4, 0.5) is 0 Å². The van der Waals surface area contributed by atoms with Gasteiger partial charge in [-0.3, -0.25) is 9.11 Å². The van der Waals surface area contributed by atoms with Gasteiger partial charge in [0.05, 0.1) is 0 Å². The molecule has 13 heavy (non-hydrogen) atoms. The fourth-order valence-corrected chi connectivity index (χ4v) is 0.0373. The molecule has 0 atom stereocenters. The number of aliphatic hydroxyl groups is 2. The Morgan fingerprint density at radius 1 is 1.08 bits per heavy atom. The molecule has 1 rings (SSSR count). The summed E-state index contributed by atoms with van der Waals surface area (Å²) < 4.78 is 31.6. The Labute approximate surface area is 160 Å². The van der Waals surface area contributed by atoms with Gasteiger partial charge in [-0.05, 0) is 0 Å². The van der Waals surface area contributed by atoms with Crippen LogP contribution in [0.2, 0.25) is 0 Å². The predicted molar refractivity (Wildman–Crippen MR) is 49.1 cm³/mol. The van der Waals surface area contributed by atoms with Crippen molar-refractivity contribution in [2.75, 3.05) is 0 Å². The molecule has 0 radical (unpaired) electrons. The summed E-state index contributed by atoms with van der Waals surface area (Å²) in [6.45, 7) is 0. The van der Waals surface area contributed by atoms with Gasteiger partial charge in [0.1, 0.15) is 0 Å². The molecular weight excluding hydrogens is 374 g/mol. The maximum Gasteiger partial charge on any atom is 0.316 e. The van der Waals surface area contributed by atoms with E-state index in [4.69, 9.17) is 27.7 Å². The van der Waals surface area contributed by atoms with Crippen molar-refractivity contribution in [2.24, 2.45) is 0 Å². The average Bonchev–Trinajstić information content (AvgIpc) is 2.11. The zero-order valence-corrected chi connectivity index (χ0v) is 5.15. The van der Waals surface area contributed by atoms with Crippen LogP contribution in [0.5, 0.6) is 0 Å². The summed E-state index contributed by atoms with van der Waals surface area (Å²) >= 11 is 0. The average molecular weight is 384 g/mol. The van der Waals surface area contributed by atoms with Crippen molar-refractivity contribution >= 4 is 120 Å². The van der Waals surface area contributed by atoms with E-state index in [0.29, 0.717) is 0 Å². The van der Waals surface area contributed by atoms with Crippen molar-refractivity contribution in [3.05, 3.63) is 0 Å². The van der Waals surface area contributed by atoms with Gasteiger partial charge in [-0.1, -0.05) is 0 Å². The summed E-state index contributed by atoms with van der Waals surface area (Å²) in [5, 5.41) is 15.5. The standard InChI is InChI=1S/CH2O4.Ba.Ca.Mg.H2O4S.6H/c2-1(3)4-5-1;;;;1-5(2,3)4;;;;;;/h2-3H;;;;(H2,1,2,3,4);;;;;;. The summed E-state index contributed by atoms with van der Waals surface area (Å²) in [6.07, 6.45) is -2.25. The molecule has 8 nitrogen and oxygen atoms in total. The minimum atomic E-state index is -4.67. The maximum atomic E-state index is 8.74. The molecule has 1 heterocycles. The first-order chi connectivity index (χ1) is 4.21. The van der Waals surface area contributed by atoms with Gasteiger partial charge >= 0.3 is 126 Å². The second-order valence-corrected chi connectivity index (χ2v) is 2.06. The molecule has 0 aromatic heterocycles. The predicted octanol–water partition coefficient (Wildman–Crippen LogP) is -4.86. The zero-order chi connectivity index (χ0) is 8.41. The van der Waals surface area contributed by atoms with E-state index in [2.05, 4.69) is 9.78 Å². The van der Waals surface area contributed by atoms with Crippen LogP contribution in [0.1, 0.15) is 0 Å². The second kappa shape index (κ2) is 10.5. The molecule has 0 aliphatic carbocycles. The fraction of sp³-hybridized carbons (Fsp3) is 1.00. The molecule has 1 saturated heterocycles. The quantitative estimate of drug-likeness (QED) is 0.107. The third kappa shape index (κ3) is 39.3. The van der Waals surface area contributed by atoms with Crippen LogP contribution in [0, 0.1) is 0 Å². The van der Waals surface area contributed by atoms with Gasteiger partial charge in [0.15, 0.2) is 0 Å². The smallest absolute Gasteiger partial charge is 0.316 e. The molecule has 12 heteroatoms. The van der Waals surface area contributed by atoms with E-state index in [1.54, 1.807) is 0 Å². The van der Waals surface area contributed by atoms with Crippen molar-refractivity contribution in [2.45, 2.75) is 6.16 Å². The Hall–Kier alpha value is 3.31. The van der Waals surface area contributed by atoms with Crippen LogP contribution in [-0.4, -0.2) is 144 Å². The molecule has 0 aromatic carbocycles. The van der Waals surface area contributed by atoms with Crippen LogP contribution in [0.25, 0.3) is 0 Å². The van der Waals surface area contributed by atoms with E-state index < -0.39 is 16.6 Å². The van der Waals surface area contributed by atoms with Crippen LogP contribution in [0.15, 0.2) is 0 Å². The topological polar surface area (TPSA) is 140 Å². The third-order valence-corrected chi connectivity index (χ3v) is 0.232. The zero-order valence-electron chi connectivity index (χ0n) is 4.33. The van der Waals surface area contributed by atoms with Crippen molar-refractivity contribution in [1.29, 1.82) is 0 Å². The minimum Gasteiger partial charge on any atom is 0.316 e. The second-order valence-electron chi connectivity index (χ2n) is 1.16. The van der Waals surface area contributed by atoms with Crippen molar-refractivity contribution in [3.63, 3.8) is 0 Å². The molecule has 0 spiro atoms. The molecule has 1 aliphatic heterocycles. The Morgan fingerprint density at radius 3 is 1.15 bits per heavy atom. The first-order valence-electron chi connectivity index (χ1n) is 1.72. The Bertz CT molecular complexity index is 188. The summed E-state index contributed by atoms with van der Waals surface area (Å²) in [5.41, 5.74) is 0. The molecule has 0 unspecified atom stereocenters. The van der Waals surface area contributed by atoms with E-state index in [-0.39, 0.29) is 110 Å². The Kier molecular flexibility index (Phi) is 20.3. The van der Waals surface area contributed by atoms with Gasteiger partial charge in [0.25, 0.3) is 0 Å². The number of hydrogen-bond acceptors (Lipinski definition) is 6. The molecule has 0 saturated carbocycles. The van der Waals surface area contributed by atoms with Gasteiger partial charge in [0, 0.05) is 0 Å². The van der Waals surface area contributed by atoms with Gasteiger partial charge in [-0.25, -0.2) is 0 Å². The number of hydrogen-bond donors (Lipinski definition) is 4. The van der Waals surface area contributed by atoms with Crippen LogP contribution < -0.4 is 0 Å². The Morgan fingerprint density at radius 2 is 1.15 bits per heavy atom. The maximum absolute atomic E-state index is 8.74. The monoisotopic (exact) mass is 384 g/mol. The first kappa shape index (κ1) is 25.2. The summed E-state index contributed by atoms with van der Waals surface area (Å²) in [4.78, 5) is 7.01. The van der Waals surface area contributed by atoms with E-state index in [1.165, 1.54) is 0 Å². The van der Waals surface area contributed by atoms with Gasteiger partial charge in [-0.15, -0.1) is 9.78 Å².